The zero-order valence-electron chi connectivity index (χ0n) is 20.7. The molecule has 188 valence electrons. The average Bonchev–Trinajstić information content (AvgIpc) is 3.24. The van der Waals surface area contributed by atoms with Gasteiger partial charge in [-0.3, -0.25) is 9.59 Å². The Labute approximate surface area is 208 Å². The Morgan fingerprint density at radius 3 is 2.59 bits per heavy atom. The Morgan fingerprint density at radius 1 is 1.21 bits per heavy atom. The Kier molecular flexibility index (Phi) is 11.1. The maximum atomic E-state index is 13.9. The van der Waals surface area contributed by atoms with Gasteiger partial charge in [0, 0.05) is 45.3 Å². The van der Waals surface area contributed by atoms with Crippen molar-refractivity contribution < 1.29 is 14.3 Å². The third-order valence-corrected chi connectivity index (χ3v) is 6.14. The molecule has 1 amide bonds. The summed E-state index contributed by atoms with van der Waals surface area (Å²) in [5.41, 5.74) is 2.11. The highest BCUT2D eigenvalue weighted by Gasteiger charge is 2.34. The second kappa shape index (κ2) is 13.6. The van der Waals surface area contributed by atoms with Crippen LogP contribution in [0.15, 0.2) is 30.3 Å². The number of nitrogens with zero attached hydrogens (tertiary/aromatic N) is 4. The maximum absolute atomic E-state index is 13.9. The molecule has 1 aliphatic heterocycles. The summed E-state index contributed by atoms with van der Waals surface area (Å²) in [4.78, 5) is 27.8. The highest BCUT2D eigenvalue weighted by molar-refractivity contribution is 5.94. The second-order valence-corrected chi connectivity index (χ2v) is 9.29. The molecule has 1 N–H and O–H groups in total. The van der Waals surface area contributed by atoms with Crippen molar-refractivity contribution in [2.75, 3.05) is 33.4 Å². The number of rotatable bonds is 11. The predicted octanol–water partition coefficient (Wildman–Crippen LogP) is 3.32. The van der Waals surface area contributed by atoms with Gasteiger partial charge in [0.2, 0.25) is 0 Å². The summed E-state index contributed by atoms with van der Waals surface area (Å²) in [7, 11) is 1.70. The van der Waals surface area contributed by atoms with E-state index in [1.165, 1.54) is 0 Å². The molecule has 2 atom stereocenters. The smallest absolute Gasteiger partial charge is 0.276 e. The van der Waals surface area contributed by atoms with E-state index in [0.29, 0.717) is 50.7 Å². The number of Topliss-reactive ketones (excluding diaryl/α,β-unsaturated/α-hetero) is 1. The minimum atomic E-state index is -0.108. The molecule has 8 nitrogen and oxygen atoms in total. The predicted molar refractivity (Wildman–Crippen MR) is 135 cm³/mol. The number of carbonyl (C=O) groups is 2. The number of hydrogen-bond donors (Lipinski definition) is 1. The van der Waals surface area contributed by atoms with Crippen LogP contribution in [0.25, 0.3) is 5.69 Å². The molecule has 0 saturated carbocycles. The number of carbonyl (C=O) groups excluding carboxylic acids is 2. The Hall–Kier alpha value is -2.29. The third kappa shape index (κ3) is 7.10. The summed E-state index contributed by atoms with van der Waals surface area (Å²) in [5, 5.41) is 12.1. The van der Waals surface area contributed by atoms with Crippen LogP contribution in [0.4, 0.5) is 0 Å². The lowest BCUT2D eigenvalue weighted by molar-refractivity contribution is -0.121. The minimum absolute atomic E-state index is 0. The molecule has 9 heteroatoms. The molecule has 1 fully saturated rings. The van der Waals surface area contributed by atoms with Gasteiger partial charge >= 0.3 is 0 Å². The molecule has 2 aromatic rings. The van der Waals surface area contributed by atoms with Crippen LogP contribution < -0.4 is 5.32 Å². The molecule has 34 heavy (non-hydrogen) atoms. The molecule has 1 saturated heterocycles. The summed E-state index contributed by atoms with van der Waals surface area (Å²) in [6.45, 7) is 8.47. The van der Waals surface area contributed by atoms with Crippen LogP contribution in [-0.4, -0.2) is 71.0 Å². The third-order valence-electron chi connectivity index (χ3n) is 6.14. The van der Waals surface area contributed by atoms with Gasteiger partial charge in [0.25, 0.3) is 5.91 Å². The number of unbranched alkanes of at least 4 members (excludes halogenated alkanes) is 1. The van der Waals surface area contributed by atoms with Gasteiger partial charge in [0.15, 0.2) is 5.69 Å². The number of amides is 1. The number of hydrogen-bond acceptors (Lipinski definition) is 6. The van der Waals surface area contributed by atoms with E-state index in [4.69, 9.17) is 4.74 Å². The van der Waals surface area contributed by atoms with E-state index in [2.05, 4.69) is 29.5 Å². The monoisotopic (exact) mass is 491 g/mol. The summed E-state index contributed by atoms with van der Waals surface area (Å²) in [6.07, 6.45) is 3.13. The zero-order valence-corrected chi connectivity index (χ0v) is 21.5. The van der Waals surface area contributed by atoms with Gasteiger partial charge in [0.05, 0.1) is 11.4 Å². The topological polar surface area (TPSA) is 89.3 Å². The number of aromatic nitrogens is 3. The first-order valence-electron chi connectivity index (χ1n) is 11.9. The fraction of sp³-hybridized carbons (Fsp3) is 0.600. The number of ketones is 1. The molecule has 1 aromatic heterocycles. The molecule has 0 radical (unpaired) electrons. The summed E-state index contributed by atoms with van der Waals surface area (Å²) in [5.74, 6) is 0.280. The van der Waals surface area contributed by atoms with Gasteiger partial charge < -0.3 is 15.0 Å². The van der Waals surface area contributed by atoms with Crippen molar-refractivity contribution >= 4 is 24.1 Å². The van der Waals surface area contributed by atoms with Crippen LogP contribution in [-0.2, 0) is 16.0 Å². The van der Waals surface area contributed by atoms with E-state index in [1.54, 1.807) is 18.7 Å². The number of methoxy groups -OCH3 is 1. The first-order valence-corrected chi connectivity index (χ1v) is 11.9. The second-order valence-electron chi connectivity index (χ2n) is 9.29. The van der Waals surface area contributed by atoms with Gasteiger partial charge in [-0.15, -0.1) is 17.5 Å². The fourth-order valence-electron chi connectivity index (χ4n) is 4.40. The molecule has 0 unspecified atom stereocenters. The van der Waals surface area contributed by atoms with E-state index in [9.17, 15) is 9.59 Å². The van der Waals surface area contributed by atoms with Crippen molar-refractivity contribution in [3.8, 4) is 5.69 Å². The van der Waals surface area contributed by atoms with E-state index in [1.807, 2.05) is 35.2 Å². The van der Waals surface area contributed by atoms with Gasteiger partial charge in [-0.25, -0.2) is 4.68 Å². The van der Waals surface area contributed by atoms with Gasteiger partial charge in [-0.2, -0.15) is 0 Å². The highest BCUT2D eigenvalue weighted by Crippen LogP contribution is 2.23. The van der Waals surface area contributed by atoms with E-state index in [0.717, 1.165) is 24.2 Å². The van der Waals surface area contributed by atoms with Crippen LogP contribution in [0.5, 0.6) is 0 Å². The molecule has 1 aromatic carbocycles. The van der Waals surface area contributed by atoms with Crippen molar-refractivity contribution in [2.45, 2.75) is 52.5 Å². The highest BCUT2D eigenvalue weighted by atomic mass is 35.5. The van der Waals surface area contributed by atoms with Crippen molar-refractivity contribution in [3.05, 3.63) is 41.7 Å². The summed E-state index contributed by atoms with van der Waals surface area (Å²) in [6, 6.07) is 9.75. The number of nitrogens with one attached hydrogen (secondary N) is 1. The van der Waals surface area contributed by atoms with Crippen LogP contribution in [0.2, 0.25) is 0 Å². The van der Waals surface area contributed by atoms with E-state index >= 15 is 0 Å². The van der Waals surface area contributed by atoms with Crippen molar-refractivity contribution in [2.24, 2.45) is 11.8 Å². The van der Waals surface area contributed by atoms with Gasteiger partial charge in [-0.05, 0) is 50.7 Å². The Bertz CT molecular complexity index is 919. The van der Waals surface area contributed by atoms with Gasteiger partial charge in [0.1, 0.15) is 5.78 Å². The molecule has 3 rings (SSSR count). The van der Waals surface area contributed by atoms with Crippen LogP contribution >= 0.6 is 12.4 Å². The number of ether oxygens (including phenoxy) is 1. The standard InChI is InChI=1S/C25H37N5O3.ClH/c1-18(2)17-29(22-14-20(19(3)31)15-26-16-22)25(32)24-23(12-8-9-13-33-4)30(28-27-24)21-10-6-5-7-11-21;/h5-7,10-11,18,20,22,26H,8-9,12-17H2,1-4H3;1H/t20-,22+;/m1./s1. The Balaban J connectivity index is 0.00000408. The molecule has 0 bridgehead atoms. The number of halogens is 1. The Morgan fingerprint density at radius 2 is 1.94 bits per heavy atom. The first-order chi connectivity index (χ1) is 15.9. The fourth-order valence-corrected chi connectivity index (χ4v) is 4.40. The molecule has 0 aliphatic carbocycles. The normalized spacial score (nSPS) is 17.9. The number of piperidine rings is 1. The molecular formula is C25H38ClN5O3. The van der Waals surface area contributed by atoms with Crippen molar-refractivity contribution in [1.29, 1.82) is 0 Å². The summed E-state index contributed by atoms with van der Waals surface area (Å²) < 4.78 is 6.98. The van der Waals surface area contributed by atoms with Crippen LogP contribution in [0, 0.1) is 11.8 Å². The molecule has 2 heterocycles. The largest absolute Gasteiger partial charge is 0.385 e. The maximum Gasteiger partial charge on any atom is 0.276 e. The SMILES string of the molecule is COCCCCc1c(C(=O)N(CC(C)C)[C@@H]2CNC[C@H](C(C)=O)C2)nnn1-c1ccccc1.Cl. The number of para-hydroxylation sites is 1. The van der Waals surface area contributed by atoms with Crippen molar-refractivity contribution in [3.63, 3.8) is 0 Å². The van der Waals surface area contributed by atoms with Crippen LogP contribution in [0.3, 0.4) is 0 Å². The minimum Gasteiger partial charge on any atom is -0.385 e. The molecular weight excluding hydrogens is 454 g/mol. The lowest BCUT2D eigenvalue weighted by Gasteiger charge is -2.38. The average molecular weight is 492 g/mol. The van der Waals surface area contributed by atoms with Crippen molar-refractivity contribution in [1.82, 2.24) is 25.2 Å². The van der Waals surface area contributed by atoms with Crippen LogP contribution in [0.1, 0.15) is 56.2 Å². The number of benzene rings is 1. The van der Waals surface area contributed by atoms with E-state index in [-0.39, 0.29) is 36.1 Å². The lowest BCUT2D eigenvalue weighted by atomic mass is 9.91. The zero-order chi connectivity index (χ0) is 23.8. The molecule has 1 aliphatic rings. The van der Waals surface area contributed by atoms with E-state index < -0.39 is 0 Å². The lowest BCUT2D eigenvalue weighted by Crippen LogP contribution is -2.53. The summed E-state index contributed by atoms with van der Waals surface area (Å²) >= 11 is 0. The van der Waals surface area contributed by atoms with Gasteiger partial charge in [-0.1, -0.05) is 37.3 Å². The molecule has 0 spiro atoms. The quantitative estimate of drug-likeness (QED) is 0.485. The first kappa shape index (κ1) is 28.0.